The molecule has 0 unspecified atom stereocenters. The van der Waals surface area contributed by atoms with Crippen LogP contribution < -0.4 is 5.32 Å². The number of piperazine rings is 1. The van der Waals surface area contributed by atoms with Gasteiger partial charge in [-0.2, -0.15) is 0 Å². The van der Waals surface area contributed by atoms with Gasteiger partial charge in [-0.15, -0.1) is 0 Å². The predicted octanol–water partition coefficient (Wildman–Crippen LogP) is 0.764. The SMILES string of the molecule is CCN[C@@H]1CC[C@H](N2CCN(C)CC2)C1. The van der Waals surface area contributed by atoms with Gasteiger partial charge < -0.3 is 10.2 Å². The normalized spacial score (nSPS) is 34.8. The molecule has 0 spiro atoms. The molecule has 0 radical (unpaired) electrons. The van der Waals surface area contributed by atoms with Crippen molar-refractivity contribution in [3.05, 3.63) is 0 Å². The van der Waals surface area contributed by atoms with Crippen molar-refractivity contribution in [3.8, 4) is 0 Å². The lowest BCUT2D eigenvalue weighted by molar-refractivity contribution is 0.112. The predicted molar refractivity (Wildman–Crippen MR) is 64.2 cm³/mol. The lowest BCUT2D eigenvalue weighted by Crippen LogP contribution is -2.48. The third-order valence-electron chi connectivity index (χ3n) is 3.95. The number of hydrogen-bond acceptors (Lipinski definition) is 3. The van der Waals surface area contributed by atoms with Gasteiger partial charge in [0.15, 0.2) is 0 Å². The molecule has 2 rings (SSSR count). The molecule has 1 aliphatic carbocycles. The fourth-order valence-corrected chi connectivity index (χ4v) is 2.95. The largest absolute Gasteiger partial charge is 0.314 e. The minimum atomic E-state index is 0.791. The Labute approximate surface area is 93.8 Å². The van der Waals surface area contributed by atoms with E-state index in [1.807, 2.05) is 0 Å². The molecule has 1 heterocycles. The molecule has 1 saturated carbocycles. The van der Waals surface area contributed by atoms with Crippen LogP contribution in [-0.2, 0) is 0 Å². The summed E-state index contributed by atoms with van der Waals surface area (Å²) in [6.45, 7) is 8.40. The van der Waals surface area contributed by atoms with Crippen LogP contribution in [0.4, 0.5) is 0 Å². The van der Waals surface area contributed by atoms with Crippen LogP contribution in [0.15, 0.2) is 0 Å². The smallest absolute Gasteiger partial charge is 0.0113 e. The third kappa shape index (κ3) is 2.92. The Morgan fingerprint density at radius 1 is 1.13 bits per heavy atom. The van der Waals surface area contributed by atoms with E-state index in [0.717, 1.165) is 18.6 Å². The molecule has 88 valence electrons. The molecular weight excluding hydrogens is 186 g/mol. The van der Waals surface area contributed by atoms with Crippen LogP contribution in [0.5, 0.6) is 0 Å². The van der Waals surface area contributed by atoms with Crippen molar-refractivity contribution in [1.82, 2.24) is 15.1 Å². The molecule has 3 nitrogen and oxygen atoms in total. The van der Waals surface area contributed by atoms with Gasteiger partial charge >= 0.3 is 0 Å². The monoisotopic (exact) mass is 211 g/mol. The molecule has 15 heavy (non-hydrogen) atoms. The number of hydrogen-bond donors (Lipinski definition) is 1. The van der Waals surface area contributed by atoms with E-state index in [1.54, 1.807) is 0 Å². The van der Waals surface area contributed by atoms with E-state index >= 15 is 0 Å². The zero-order valence-corrected chi connectivity index (χ0v) is 10.2. The number of nitrogens with one attached hydrogen (secondary N) is 1. The van der Waals surface area contributed by atoms with E-state index in [2.05, 4.69) is 29.1 Å². The van der Waals surface area contributed by atoms with E-state index < -0.39 is 0 Å². The molecule has 3 heteroatoms. The van der Waals surface area contributed by atoms with E-state index in [9.17, 15) is 0 Å². The topological polar surface area (TPSA) is 18.5 Å². The van der Waals surface area contributed by atoms with Gasteiger partial charge in [0.05, 0.1) is 0 Å². The van der Waals surface area contributed by atoms with Crippen LogP contribution in [-0.4, -0.2) is 61.7 Å². The van der Waals surface area contributed by atoms with E-state index in [0.29, 0.717) is 0 Å². The van der Waals surface area contributed by atoms with Crippen molar-refractivity contribution in [2.24, 2.45) is 0 Å². The van der Waals surface area contributed by atoms with Crippen LogP contribution in [0.2, 0.25) is 0 Å². The zero-order chi connectivity index (χ0) is 10.7. The van der Waals surface area contributed by atoms with Gasteiger partial charge in [0.25, 0.3) is 0 Å². The molecule has 1 aliphatic heterocycles. The molecule has 2 atom stereocenters. The maximum Gasteiger partial charge on any atom is 0.0113 e. The molecule has 0 bridgehead atoms. The highest BCUT2D eigenvalue weighted by atomic mass is 15.3. The summed E-state index contributed by atoms with van der Waals surface area (Å²) in [6, 6.07) is 1.66. The van der Waals surface area contributed by atoms with Gasteiger partial charge in [-0.3, -0.25) is 4.90 Å². The lowest BCUT2D eigenvalue weighted by atomic mass is 10.1. The molecule has 2 fully saturated rings. The highest BCUT2D eigenvalue weighted by Crippen LogP contribution is 2.24. The first kappa shape index (κ1) is 11.4. The molecule has 1 saturated heterocycles. The summed E-state index contributed by atoms with van der Waals surface area (Å²) in [6.07, 6.45) is 4.16. The molecule has 0 aromatic rings. The third-order valence-corrected chi connectivity index (χ3v) is 3.95. The van der Waals surface area contributed by atoms with Crippen LogP contribution in [0.1, 0.15) is 26.2 Å². The second-order valence-corrected chi connectivity index (χ2v) is 5.06. The van der Waals surface area contributed by atoms with Crippen molar-refractivity contribution in [2.75, 3.05) is 39.8 Å². The number of nitrogens with zero attached hydrogens (tertiary/aromatic N) is 2. The van der Waals surface area contributed by atoms with Gasteiger partial charge in [-0.25, -0.2) is 0 Å². The number of likely N-dealkylation sites (N-methyl/N-ethyl adjacent to an activating group) is 1. The van der Waals surface area contributed by atoms with Gasteiger partial charge in [-0.1, -0.05) is 6.92 Å². The molecule has 0 amide bonds. The van der Waals surface area contributed by atoms with Gasteiger partial charge in [0.2, 0.25) is 0 Å². The summed E-state index contributed by atoms with van der Waals surface area (Å²) in [4.78, 5) is 5.14. The Morgan fingerprint density at radius 2 is 1.87 bits per heavy atom. The standard InChI is InChI=1S/C12H25N3/c1-3-13-11-4-5-12(10-11)15-8-6-14(2)7-9-15/h11-13H,3-10H2,1-2H3/t11-,12+/m1/s1. The average molecular weight is 211 g/mol. The van der Waals surface area contributed by atoms with E-state index in [1.165, 1.54) is 45.4 Å². The summed E-state index contributed by atoms with van der Waals surface area (Å²) in [5, 5.41) is 3.59. The molecule has 0 aromatic heterocycles. The van der Waals surface area contributed by atoms with Gasteiger partial charge in [0, 0.05) is 38.3 Å². The van der Waals surface area contributed by atoms with Gasteiger partial charge in [0.1, 0.15) is 0 Å². The summed E-state index contributed by atoms with van der Waals surface area (Å²) < 4.78 is 0. The maximum atomic E-state index is 3.59. The first-order valence-corrected chi connectivity index (χ1v) is 6.45. The second kappa shape index (κ2) is 5.28. The Morgan fingerprint density at radius 3 is 2.53 bits per heavy atom. The highest BCUT2D eigenvalue weighted by Gasteiger charge is 2.29. The van der Waals surface area contributed by atoms with Crippen molar-refractivity contribution in [1.29, 1.82) is 0 Å². The van der Waals surface area contributed by atoms with Crippen molar-refractivity contribution < 1.29 is 0 Å². The van der Waals surface area contributed by atoms with Crippen LogP contribution >= 0.6 is 0 Å². The molecule has 0 aromatic carbocycles. The van der Waals surface area contributed by atoms with Crippen molar-refractivity contribution >= 4 is 0 Å². The summed E-state index contributed by atoms with van der Waals surface area (Å²) >= 11 is 0. The fourth-order valence-electron chi connectivity index (χ4n) is 2.95. The molecule has 2 aliphatic rings. The van der Waals surface area contributed by atoms with Gasteiger partial charge in [-0.05, 0) is 32.9 Å². The van der Waals surface area contributed by atoms with Crippen molar-refractivity contribution in [2.45, 2.75) is 38.3 Å². The van der Waals surface area contributed by atoms with E-state index in [4.69, 9.17) is 0 Å². The van der Waals surface area contributed by atoms with Crippen molar-refractivity contribution in [3.63, 3.8) is 0 Å². The molecular formula is C12H25N3. The summed E-state index contributed by atoms with van der Waals surface area (Å²) in [5.74, 6) is 0. The quantitative estimate of drug-likeness (QED) is 0.744. The minimum absolute atomic E-state index is 0.791. The first-order chi connectivity index (χ1) is 7.29. The zero-order valence-electron chi connectivity index (χ0n) is 10.2. The minimum Gasteiger partial charge on any atom is -0.314 e. The Hall–Kier alpha value is -0.120. The lowest BCUT2D eigenvalue weighted by Gasteiger charge is -2.36. The fraction of sp³-hybridized carbons (Fsp3) is 1.00. The Bertz CT molecular complexity index is 187. The van der Waals surface area contributed by atoms with Crippen LogP contribution in [0.25, 0.3) is 0 Å². The Kier molecular flexibility index (Phi) is 4.00. The average Bonchev–Trinajstić information content (AvgIpc) is 2.68. The van der Waals surface area contributed by atoms with E-state index in [-0.39, 0.29) is 0 Å². The maximum absolute atomic E-state index is 3.59. The Balaban J connectivity index is 1.75. The first-order valence-electron chi connectivity index (χ1n) is 6.45. The van der Waals surface area contributed by atoms with Crippen LogP contribution in [0, 0.1) is 0 Å². The number of rotatable bonds is 3. The highest BCUT2D eigenvalue weighted by molar-refractivity contribution is 4.88. The molecule has 1 N–H and O–H groups in total. The summed E-state index contributed by atoms with van der Waals surface area (Å²) in [7, 11) is 2.23. The second-order valence-electron chi connectivity index (χ2n) is 5.06. The summed E-state index contributed by atoms with van der Waals surface area (Å²) in [5.41, 5.74) is 0. The van der Waals surface area contributed by atoms with Crippen LogP contribution in [0.3, 0.4) is 0 Å².